The Hall–Kier alpha value is -4.18. The SMILES string of the molecule is COc1cc(C2N=C(NC#N)Nc3nc(N)c(C#N)c(N)c32)ccc1OCCC(C)C. The van der Waals surface area contributed by atoms with Crippen molar-refractivity contribution in [2.75, 3.05) is 30.5 Å². The second-order valence-electron chi connectivity index (χ2n) is 7.34. The summed E-state index contributed by atoms with van der Waals surface area (Å²) in [6.45, 7) is 4.83. The molecule has 0 spiro atoms. The number of benzene rings is 1. The molecular formula is C21H24N8O2. The molecule has 0 saturated heterocycles. The van der Waals surface area contributed by atoms with Crippen LogP contribution >= 0.6 is 0 Å². The van der Waals surface area contributed by atoms with E-state index in [0.29, 0.717) is 35.4 Å². The van der Waals surface area contributed by atoms with Gasteiger partial charge in [0, 0.05) is 5.56 Å². The van der Waals surface area contributed by atoms with Gasteiger partial charge in [-0.15, -0.1) is 0 Å². The molecule has 0 aliphatic carbocycles. The van der Waals surface area contributed by atoms with Crippen LogP contribution in [0.3, 0.4) is 0 Å². The fraction of sp³-hybridized carbons (Fsp3) is 0.333. The summed E-state index contributed by atoms with van der Waals surface area (Å²) in [6.07, 6.45) is 2.74. The summed E-state index contributed by atoms with van der Waals surface area (Å²) in [5, 5.41) is 23.8. The molecule has 0 saturated carbocycles. The van der Waals surface area contributed by atoms with Gasteiger partial charge in [0.15, 0.2) is 17.7 Å². The average Bonchev–Trinajstić information content (AvgIpc) is 2.73. The van der Waals surface area contributed by atoms with Crippen molar-refractivity contribution in [2.45, 2.75) is 26.3 Å². The van der Waals surface area contributed by atoms with E-state index in [1.165, 1.54) is 0 Å². The molecule has 3 rings (SSSR count). The van der Waals surface area contributed by atoms with E-state index in [0.717, 1.165) is 12.0 Å². The lowest BCUT2D eigenvalue weighted by molar-refractivity contribution is 0.273. The Balaban J connectivity index is 2.07. The number of methoxy groups -OCH3 is 1. The molecule has 10 heteroatoms. The van der Waals surface area contributed by atoms with Gasteiger partial charge in [-0.1, -0.05) is 19.9 Å². The summed E-state index contributed by atoms with van der Waals surface area (Å²) in [7, 11) is 1.56. The molecule has 0 amide bonds. The molecule has 2 heterocycles. The van der Waals surface area contributed by atoms with E-state index < -0.39 is 6.04 Å². The first-order valence-corrected chi connectivity index (χ1v) is 9.69. The summed E-state index contributed by atoms with van der Waals surface area (Å²) in [6, 6.07) is 6.77. The van der Waals surface area contributed by atoms with Crippen LogP contribution in [0.15, 0.2) is 23.2 Å². The summed E-state index contributed by atoms with van der Waals surface area (Å²) in [4.78, 5) is 8.79. The first-order valence-electron chi connectivity index (χ1n) is 9.69. The smallest absolute Gasteiger partial charge is 0.211 e. The second-order valence-corrected chi connectivity index (χ2v) is 7.34. The Bertz CT molecular complexity index is 1100. The van der Waals surface area contributed by atoms with Crippen molar-refractivity contribution in [3.05, 3.63) is 34.9 Å². The summed E-state index contributed by atoms with van der Waals surface area (Å²) in [5.74, 6) is 2.18. The Kier molecular flexibility index (Phi) is 6.32. The second kappa shape index (κ2) is 9.09. The maximum atomic E-state index is 9.44. The Morgan fingerprint density at radius 1 is 1.26 bits per heavy atom. The number of nitrogen functional groups attached to an aromatic ring is 2. The number of nitrogens with two attached hydrogens (primary N) is 2. The summed E-state index contributed by atoms with van der Waals surface area (Å²) >= 11 is 0. The highest BCUT2D eigenvalue weighted by Gasteiger charge is 2.30. The number of fused-ring (bicyclic) bond motifs is 1. The molecule has 0 radical (unpaired) electrons. The van der Waals surface area contributed by atoms with Crippen LogP contribution in [0.4, 0.5) is 17.3 Å². The molecule has 0 fully saturated rings. The average molecular weight is 420 g/mol. The van der Waals surface area contributed by atoms with Crippen LogP contribution < -0.4 is 31.6 Å². The van der Waals surface area contributed by atoms with Gasteiger partial charge in [0.1, 0.15) is 29.3 Å². The van der Waals surface area contributed by atoms with Crippen molar-refractivity contribution < 1.29 is 9.47 Å². The molecule has 10 nitrogen and oxygen atoms in total. The summed E-state index contributed by atoms with van der Waals surface area (Å²) < 4.78 is 11.4. The highest BCUT2D eigenvalue weighted by molar-refractivity contribution is 5.98. The number of guanidine groups is 1. The molecule has 1 unspecified atom stereocenters. The van der Waals surface area contributed by atoms with Crippen molar-refractivity contribution in [2.24, 2.45) is 10.9 Å². The first kappa shape index (κ1) is 21.5. The largest absolute Gasteiger partial charge is 0.493 e. The zero-order valence-electron chi connectivity index (χ0n) is 17.6. The van der Waals surface area contributed by atoms with Crippen LogP contribution in [-0.2, 0) is 0 Å². The van der Waals surface area contributed by atoms with Gasteiger partial charge >= 0.3 is 0 Å². The van der Waals surface area contributed by atoms with Gasteiger partial charge in [0.2, 0.25) is 5.96 Å². The number of ether oxygens (including phenoxy) is 2. The topological polar surface area (TPSA) is 167 Å². The number of anilines is 3. The zero-order chi connectivity index (χ0) is 22.5. The van der Waals surface area contributed by atoms with Gasteiger partial charge in [-0.2, -0.15) is 10.5 Å². The molecule has 31 heavy (non-hydrogen) atoms. The van der Waals surface area contributed by atoms with Crippen LogP contribution in [0.25, 0.3) is 0 Å². The number of hydrogen-bond acceptors (Lipinski definition) is 10. The molecular weight excluding hydrogens is 396 g/mol. The quantitative estimate of drug-likeness (QED) is 0.405. The molecule has 160 valence electrons. The number of hydrogen-bond donors (Lipinski definition) is 4. The third-order valence-electron chi connectivity index (χ3n) is 4.81. The van der Waals surface area contributed by atoms with Gasteiger partial charge in [-0.3, -0.25) is 5.32 Å². The van der Waals surface area contributed by atoms with Crippen LogP contribution in [-0.4, -0.2) is 24.7 Å². The molecule has 1 atom stereocenters. The van der Waals surface area contributed by atoms with E-state index in [-0.39, 0.29) is 23.0 Å². The zero-order valence-corrected chi connectivity index (χ0v) is 17.6. The lowest BCUT2D eigenvalue weighted by Gasteiger charge is -2.26. The Morgan fingerprint density at radius 2 is 2.03 bits per heavy atom. The van der Waals surface area contributed by atoms with Crippen molar-refractivity contribution in [3.63, 3.8) is 0 Å². The molecule has 1 aliphatic rings. The Labute approximate surface area is 180 Å². The van der Waals surface area contributed by atoms with Gasteiger partial charge in [-0.25, -0.2) is 9.98 Å². The number of nitrogens with zero attached hydrogens (tertiary/aromatic N) is 4. The fourth-order valence-electron chi connectivity index (χ4n) is 3.20. The van der Waals surface area contributed by atoms with Gasteiger partial charge in [0.25, 0.3) is 0 Å². The van der Waals surface area contributed by atoms with E-state index >= 15 is 0 Å². The van der Waals surface area contributed by atoms with Crippen LogP contribution in [0.1, 0.15) is 43.0 Å². The fourth-order valence-corrected chi connectivity index (χ4v) is 3.20. The monoisotopic (exact) mass is 420 g/mol. The first-order chi connectivity index (χ1) is 14.9. The van der Waals surface area contributed by atoms with Gasteiger partial charge in [0.05, 0.1) is 19.4 Å². The normalized spacial score (nSPS) is 14.5. The standard InChI is InChI=1S/C21H24N8O2/c1-11(2)6-7-31-14-5-4-12(8-15(14)30-3)18-16-17(24)13(9-22)19(25)28-20(16)29-21(27-18)26-10-23/h4-5,8,11,18H,6-7H2,1-3H3,(H6,24,25,26,27,28,29). The lowest BCUT2D eigenvalue weighted by Crippen LogP contribution is -2.32. The number of pyridine rings is 1. The minimum absolute atomic E-state index is 0.00492. The third kappa shape index (κ3) is 4.38. The molecule has 6 N–H and O–H groups in total. The highest BCUT2D eigenvalue weighted by Crippen LogP contribution is 2.42. The minimum atomic E-state index is -0.647. The number of rotatable bonds is 6. The highest BCUT2D eigenvalue weighted by atomic mass is 16.5. The van der Waals surface area contributed by atoms with Crippen molar-refractivity contribution >= 4 is 23.3 Å². The molecule has 2 aromatic rings. The predicted molar refractivity (Wildman–Crippen MR) is 117 cm³/mol. The van der Waals surface area contributed by atoms with Crippen molar-refractivity contribution in [3.8, 4) is 23.8 Å². The molecule has 0 bridgehead atoms. The number of aromatic nitrogens is 1. The number of aliphatic imine (C=N–C) groups is 1. The van der Waals surface area contributed by atoms with Crippen LogP contribution in [0, 0.1) is 28.7 Å². The predicted octanol–water partition coefficient (Wildman–Crippen LogP) is 2.49. The van der Waals surface area contributed by atoms with Crippen molar-refractivity contribution in [1.29, 1.82) is 10.5 Å². The molecule has 1 aliphatic heterocycles. The van der Waals surface area contributed by atoms with Gasteiger partial charge < -0.3 is 26.3 Å². The maximum Gasteiger partial charge on any atom is 0.211 e. The lowest BCUT2D eigenvalue weighted by atomic mass is 9.95. The number of nitriles is 2. The minimum Gasteiger partial charge on any atom is -0.493 e. The Morgan fingerprint density at radius 3 is 2.68 bits per heavy atom. The van der Waals surface area contributed by atoms with E-state index in [2.05, 4.69) is 34.5 Å². The van der Waals surface area contributed by atoms with E-state index in [1.54, 1.807) is 19.2 Å². The molecule has 1 aromatic carbocycles. The maximum absolute atomic E-state index is 9.44. The van der Waals surface area contributed by atoms with Gasteiger partial charge in [-0.05, 0) is 30.0 Å². The number of nitrogens with one attached hydrogen (secondary N) is 2. The van der Waals surface area contributed by atoms with Crippen LogP contribution in [0.5, 0.6) is 11.5 Å². The molecule has 1 aromatic heterocycles. The van der Waals surface area contributed by atoms with E-state index in [9.17, 15) is 5.26 Å². The van der Waals surface area contributed by atoms with Crippen LogP contribution in [0.2, 0.25) is 0 Å². The van der Waals surface area contributed by atoms with E-state index in [1.807, 2.05) is 18.3 Å². The third-order valence-corrected chi connectivity index (χ3v) is 4.81. The summed E-state index contributed by atoms with van der Waals surface area (Å²) in [5.41, 5.74) is 13.6. The van der Waals surface area contributed by atoms with Crippen molar-refractivity contribution in [1.82, 2.24) is 10.3 Å². The van der Waals surface area contributed by atoms with E-state index in [4.69, 9.17) is 26.2 Å².